The Hall–Kier alpha value is -2.75. The third kappa shape index (κ3) is 63.3. The van der Waals surface area contributed by atoms with E-state index in [1.165, 1.54) is 263 Å². The third-order valence-electron chi connectivity index (χ3n) is 15.3. The highest BCUT2D eigenvalue weighted by Gasteiger charge is 2.31. The zero-order valence-corrected chi connectivity index (χ0v) is 53.5. The number of unbranched alkanes of at least 4 members (excludes halogenated alkanes) is 42. The lowest BCUT2D eigenvalue weighted by molar-refractivity contribution is -0.138. The van der Waals surface area contributed by atoms with Crippen molar-refractivity contribution in [2.75, 3.05) is 13.2 Å². The Kier molecular flexibility index (Phi) is 67.0. The number of carboxylic acid groups (broad SMARTS) is 3. The summed E-state index contributed by atoms with van der Waals surface area (Å²) >= 11 is 0. The van der Waals surface area contributed by atoms with Gasteiger partial charge in [-0.05, 0) is 45.3 Å². The Bertz CT molecular complexity index is 1280. The molecule has 9 N–H and O–H groups in total. The van der Waals surface area contributed by atoms with Gasteiger partial charge in [-0.25, -0.2) is 0 Å². The third-order valence-corrected chi connectivity index (χ3v) is 15.3. The van der Waals surface area contributed by atoms with Crippen molar-refractivity contribution in [1.29, 1.82) is 0 Å². The second kappa shape index (κ2) is 65.8. The van der Waals surface area contributed by atoms with Gasteiger partial charge >= 0.3 is 17.9 Å². The molecule has 2 aliphatic rings. The fourth-order valence-electron chi connectivity index (χ4n) is 10.0. The highest BCUT2D eigenvalue weighted by atomic mass is 16.5. The van der Waals surface area contributed by atoms with E-state index in [9.17, 15) is 24.6 Å². The Morgan fingerprint density at radius 2 is 0.476 bits per heavy atom. The zero-order valence-electron chi connectivity index (χ0n) is 53.5. The standard InChI is InChI=1S/3C18H36O2.2C7H12O4/c3*1-2-3-4-5-6-7-8-9-10-11-12-13-14-15-16-17-18(19)20;2*1-4-2-5(9)7(10)6(3-8)11-4/h3*2-17H2,1H3,(H,19,20);2*2,5-10H,3H2,1H3/t;;;2*5-,6-,7+/m...11/s1. The van der Waals surface area contributed by atoms with Crippen LogP contribution in [0.4, 0.5) is 0 Å². The molecule has 0 unspecified atom stereocenters. The molecule has 6 atom stereocenters. The minimum Gasteiger partial charge on any atom is -0.490 e. The molecule has 0 aliphatic carbocycles. The van der Waals surface area contributed by atoms with Gasteiger partial charge in [-0.1, -0.05) is 290 Å². The topological polar surface area (TPSA) is 252 Å². The summed E-state index contributed by atoms with van der Waals surface area (Å²) in [5.74, 6) is -0.900. The van der Waals surface area contributed by atoms with Crippen LogP contribution < -0.4 is 0 Å². The van der Waals surface area contributed by atoms with Gasteiger partial charge in [0.1, 0.15) is 36.6 Å². The maximum atomic E-state index is 10.3. The largest absolute Gasteiger partial charge is 0.490 e. The van der Waals surface area contributed by atoms with Gasteiger partial charge in [0.15, 0.2) is 0 Å². The van der Waals surface area contributed by atoms with Gasteiger partial charge in [0.05, 0.1) is 24.7 Å². The fraction of sp³-hybridized carbons (Fsp3) is 0.897. The second-order valence-corrected chi connectivity index (χ2v) is 23.5. The number of carboxylic acids is 3. The molecule has 14 nitrogen and oxygen atoms in total. The first-order valence-electron chi connectivity index (χ1n) is 33.9. The Morgan fingerprint density at radius 1 is 0.317 bits per heavy atom. The van der Waals surface area contributed by atoms with Crippen molar-refractivity contribution in [2.45, 2.75) is 379 Å². The highest BCUT2D eigenvalue weighted by molar-refractivity contribution is 5.67. The van der Waals surface area contributed by atoms with E-state index < -0.39 is 54.5 Å². The number of hydrogen-bond donors (Lipinski definition) is 9. The van der Waals surface area contributed by atoms with Crippen LogP contribution in [0.3, 0.4) is 0 Å². The highest BCUT2D eigenvalue weighted by Crippen LogP contribution is 2.20. The monoisotopic (exact) mass is 1170 g/mol. The Labute approximate surface area is 502 Å². The molecular weight excluding hydrogens is 1040 g/mol. The molecule has 0 aromatic heterocycles. The summed E-state index contributed by atoms with van der Waals surface area (Å²) in [6, 6.07) is 0. The average molecular weight is 1170 g/mol. The van der Waals surface area contributed by atoms with Crippen LogP contribution in [-0.2, 0) is 23.9 Å². The van der Waals surface area contributed by atoms with Gasteiger partial charge in [0.2, 0.25) is 0 Å². The minimum absolute atomic E-state index is 0.288. The molecule has 0 fully saturated rings. The van der Waals surface area contributed by atoms with Crippen LogP contribution in [-0.4, -0.2) is 114 Å². The molecule has 0 spiro atoms. The van der Waals surface area contributed by atoms with Crippen LogP contribution in [0, 0.1) is 0 Å². The molecule has 2 rings (SSSR count). The maximum Gasteiger partial charge on any atom is 0.303 e. The van der Waals surface area contributed by atoms with Crippen molar-refractivity contribution < 1.29 is 69.8 Å². The molecule has 82 heavy (non-hydrogen) atoms. The molecule has 0 radical (unpaired) electrons. The van der Waals surface area contributed by atoms with Gasteiger partial charge < -0.3 is 55.4 Å². The number of rotatable bonds is 50. The maximum absolute atomic E-state index is 10.3. The van der Waals surface area contributed by atoms with E-state index in [0.29, 0.717) is 30.8 Å². The molecule has 488 valence electrons. The van der Waals surface area contributed by atoms with Crippen LogP contribution in [0.15, 0.2) is 23.7 Å². The molecular formula is C68H132O14. The summed E-state index contributed by atoms with van der Waals surface area (Å²) in [5, 5.41) is 79.5. The Morgan fingerprint density at radius 3 is 0.622 bits per heavy atom. The van der Waals surface area contributed by atoms with Crippen molar-refractivity contribution in [3.63, 3.8) is 0 Å². The number of hydrogen-bond acceptors (Lipinski definition) is 11. The van der Waals surface area contributed by atoms with Gasteiger partial charge in [-0.3, -0.25) is 14.4 Å². The lowest BCUT2D eigenvalue weighted by Gasteiger charge is -2.29. The average Bonchev–Trinajstić information content (AvgIpc) is 3.48. The molecule has 2 heterocycles. The lowest BCUT2D eigenvalue weighted by atomic mass is 10.0. The summed E-state index contributed by atoms with van der Waals surface area (Å²) < 4.78 is 10.0. The van der Waals surface area contributed by atoms with Gasteiger partial charge in [0, 0.05) is 19.3 Å². The summed E-state index contributed by atoms with van der Waals surface area (Å²) in [4.78, 5) is 31.0. The van der Waals surface area contributed by atoms with Crippen LogP contribution in [0.1, 0.15) is 343 Å². The normalized spacial score (nSPS) is 18.1. The molecule has 0 amide bonds. The van der Waals surface area contributed by atoms with Crippen molar-refractivity contribution in [2.24, 2.45) is 0 Å². The molecule has 0 aromatic rings. The molecule has 14 heteroatoms. The summed E-state index contributed by atoms with van der Waals surface area (Å²) in [6.07, 6.45) is 58.1. The Balaban J connectivity index is -0.000000971. The number of allylic oxidation sites excluding steroid dienone is 2. The number of aliphatic hydroxyl groups is 6. The SMILES string of the molecule is CC1=C[C@@H](O)[C@H](O)[C@@H](CO)O1.CC1=C[C@@H](O)[C@H](O)[C@@H](CO)O1.CCCCCCCCCCCCCCCCCC(=O)O.CCCCCCCCCCCCCCCCCC(=O)O.CCCCCCCCCCCCCCCCCC(=O)O. The van der Waals surface area contributed by atoms with E-state index in [0.717, 1.165) is 38.5 Å². The summed E-state index contributed by atoms with van der Waals surface area (Å²) in [6.45, 7) is 9.56. The van der Waals surface area contributed by atoms with Gasteiger partial charge in [0.25, 0.3) is 0 Å². The van der Waals surface area contributed by atoms with Crippen molar-refractivity contribution in [3.05, 3.63) is 23.7 Å². The van der Waals surface area contributed by atoms with Crippen LogP contribution >= 0.6 is 0 Å². The number of aliphatic carboxylic acids is 3. The van der Waals surface area contributed by atoms with E-state index in [-0.39, 0.29) is 13.2 Å². The minimum atomic E-state index is -1.02. The number of ether oxygens (including phenoxy) is 2. The van der Waals surface area contributed by atoms with Crippen LogP contribution in [0.5, 0.6) is 0 Å². The molecule has 0 aromatic carbocycles. The summed E-state index contributed by atoms with van der Waals surface area (Å²) in [5.41, 5.74) is 0. The fourth-order valence-corrected chi connectivity index (χ4v) is 10.0. The lowest BCUT2D eigenvalue weighted by Crippen LogP contribution is -2.43. The molecule has 0 bridgehead atoms. The predicted molar refractivity (Wildman–Crippen MR) is 337 cm³/mol. The molecule has 0 saturated heterocycles. The molecule has 0 saturated carbocycles. The first kappa shape index (κ1) is 83.5. The van der Waals surface area contributed by atoms with Crippen LogP contribution in [0.25, 0.3) is 0 Å². The molecule has 2 aliphatic heterocycles. The van der Waals surface area contributed by atoms with E-state index in [1.807, 2.05) is 0 Å². The van der Waals surface area contributed by atoms with Crippen LogP contribution in [0.2, 0.25) is 0 Å². The van der Waals surface area contributed by atoms with Gasteiger partial charge in [-0.2, -0.15) is 0 Å². The quantitative estimate of drug-likeness (QED) is 0.0257. The second-order valence-electron chi connectivity index (χ2n) is 23.5. The van der Waals surface area contributed by atoms with E-state index in [2.05, 4.69) is 20.8 Å². The summed E-state index contributed by atoms with van der Waals surface area (Å²) in [7, 11) is 0. The van der Waals surface area contributed by atoms with Gasteiger partial charge in [-0.15, -0.1) is 0 Å². The zero-order chi connectivity index (χ0) is 61.5. The number of aliphatic hydroxyl groups excluding tert-OH is 6. The smallest absolute Gasteiger partial charge is 0.303 e. The number of carbonyl (C=O) groups is 3. The van der Waals surface area contributed by atoms with E-state index in [1.54, 1.807) is 13.8 Å². The van der Waals surface area contributed by atoms with Crippen molar-refractivity contribution in [1.82, 2.24) is 0 Å². The first-order valence-corrected chi connectivity index (χ1v) is 33.9. The predicted octanol–water partition coefficient (Wildman–Crippen LogP) is 17.0. The van der Waals surface area contributed by atoms with Crippen molar-refractivity contribution in [3.8, 4) is 0 Å². The first-order chi connectivity index (χ1) is 39.6. The van der Waals surface area contributed by atoms with Crippen molar-refractivity contribution >= 4 is 17.9 Å². The van der Waals surface area contributed by atoms with E-state index >= 15 is 0 Å². The van der Waals surface area contributed by atoms with E-state index in [4.69, 9.17) is 45.2 Å².